The van der Waals surface area contributed by atoms with Crippen molar-refractivity contribution in [2.45, 2.75) is 32.1 Å². The maximum Gasteiger partial charge on any atom is 0.193 e. The second-order valence-electron chi connectivity index (χ2n) is 5.54. The van der Waals surface area contributed by atoms with Crippen LogP contribution in [-0.4, -0.2) is 5.78 Å². The highest BCUT2D eigenvalue weighted by Crippen LogP contribution is 2.36. The van der Waals surface area contributed by atoms with Crippen LogP contribution < -0.4 is 0 Å². The molecule has 1 aliphatic rings. The molecule has 20 heavy (non-hydrogen) atoms. The van der Waals surface area contributed by atoms with Gasteiger partial charge in [0.25, 0.3) is 0 Å². The van der Waals surface area contributed by atoms with E-state index < -0.39 is 0 Å². The van der Waals surface area contributed by atoms with Gasteiger partial charge in [0.15, 0.2) is 5.78 Å². The quantitative estimate of drug-likeness (QED) is 0.702. The molecule has 0 amide bonds. The van der Waals surface area contributed by atoms with E-state index >= 15 is 0 Å². The number of hydrogen-bond donors (Lipinski definition) is 0. The summed E-state index contributed by atoms with van der Waals surface area (Å²) in [4.78, 5) is 12.5. The highest BCUT2D eigenvalue weighted by molar-refractivity contribution is 9.10. The molecule has 1 nitrogen and oxygen atoms in total. The summed E-state index contributed by atoms with van der Waals surface area (Å²) in [7, 11) is 0. The first kappa shape index (κ1) is 13.6. The Morgan fingerprint density at radius 1 is 1.10 bits per heavy atom. The van der Waals surface area contributed by atoms with Gasteiger partial charge in [-0.1, -0.05) is 46.6 Å². The summed E-state index contributed by atoms with van der Waals surface area (Å²) in [6, 6.07) is 14.0. The molecule has 2 aromatic rings. The lowest BCUT2D eigenvalue weighted by Gasteiger charge is -2.25. The number of carbonyl (C=O) groups is 1. The molecule has 0 aromatic heterocycles. The average Bonchev–Trinajstić information content (AvgIpc) is 2.37. The first-order valence-corrected chi connectivity index (χ1v) is 7.85. The molecule has 0 unspecified atom stereocenters. The van der Waals surface area contributed by atoms with Gasteiger partial charge in [0, 0.05) is 15.6 Å². The minimum absolute atomic E-state index is 0.107. The smallest absolute Gasteiger partial charge is 0.193 e. The van der Waals surface area contributed by atoms with E-state index in [-0.39, 0.29) is 5.78 Å². The van der Waals surface area contributed by atoms with Crippen molar-refractivity contribution in [2.75, 3.05) is 0 Å². The van der Waals surface area contributed by atoms with E-state index in [1.54, 1.807) is 0 Å². The van der Waals surface area contributed by atoms with E-state index in [9.17, 15) is 4.79 Å². The largest absolute Gasteiger partial charge is 0.289 e. The van der Waals surface area contributed by atoms with E-state index in [4.69, 9.17) is 0 Å². The fraction of sp³-hybridized carbons (Fsp3) is 0.278. The minimum atomic E-state index is 0.107. The first-order valence-electron chi connectivity index (χ1n) is 7.06. The van der Waals surface area contributed by atoms with Crippen molar-refractivity contribution in [3.63, 3.8) is 0 Å². The second-order valence-corrected chi connectivity index (χ2v) is 6.45. The zero-order valence-corrected chi connectivity index (χ0v) is 13.1. The molecule has 3 rings (SSSR count). The Hall–Kier alpha value is -1.41. The van der Waals surface area contributed by atoms with Gasteiger partial charge in [-0.25, -0.2) is 0 Å². The Balaban J connectivity index is 1.86. The summed E-state index contributed by atoms with van der Waals surface area (Å²) in [6.45, 7) is 1.97. The number of benzene rings is 2. The standard InChI is InChI=1S/C18H17BrO/c1-12-11-16(19)9-10-17(12)18(20)15-7-5-14(6-8-15)13-3-2-4-13/h5-11,13H,2-4H2,1H3. The van der Waals surface area contributed by atoms with Crippen LogP contribution in [0.3, 0.4) is 0 Å². The average molecular weight is 329 g/mol. The molecule has 0 bridgehead atoms. The lowest BCUT2D eigenvalue weighted by atomic mass is 9.80. The summed E-state index contributed by atoms with van der Waals surface area (Å²) in [5, 5.41) is 0. The van der Waals surface area contributed by atoms with E-state index in [1.165, 1.54) is 24.8 Å². The van der Waals surface area contributed by atoms with E-state index in [0.717, 1.165) is 21.2 Å². The molecule has 102 valence electrons. The summed E-state index contributed by atoms with van der Waals surface area (Å²) < 4.78 is 1.01. The van der Waals surface area contributed by atoms with Gasteiger partial charge in [0.2, 0.25) is 0 Å². The summed E-state index contributed by atoms with van der Waals surface area (Å²) in [5.74, 6) is 0.823. The van der Waals surface area contributed by atoms with Crippen LogP contribution in [0, 0.1) is 6.92 Å². The molecular weight excluding hydrogens is 312 g/mol. The Bertz CT molecular complexity index is 639. The lowest BCUT2D eigenvalue weighted by molar-refractivity contribution is 0.103. The zero-order valence-electron chi connectivity index (χ0n) is 11.5. The maximum absolute atomic E-state index is 12.5. The minimum Gasteiger partial charge on any atom is -0.289 e. The fourth-order valence-electron chi connectivity index (χ4n) is 2.69. The number of ketones is 1. The number of halogens is 1. The van der Waals surface area contributed by atoms with Crippen molar-refractivity contribution in [3.8, 4) is 0 Å². The molecule has 0 N–H and O–H groups in total. The Morgan fingerprint density at radius 3 is 2.35 bits per heavy atom. The third-order valence-corrected chi connectivity index (χ3v) is 4.68. The van der Waals surface area contributed by atoms with Crippen LogP contribution in [0.15, 0.2) is 46.9 Å². The van der Waals surface area contributed by atoms with Crippen molar-refractivity contribution in [1.29, 1.82) is 0 Å². The van der Waals surface area contributed by atoms with E-state index in [2.05, 4.69) is 28.1 Å². The maximum atomic E-state index is 12.5. The van der Waals surface area contributed by atoms with Gasteiger partial charge in [-0.2, -0.15) is 0 Å². The predicted octanol–water partition coefficient (Wildman–Crippen LogP) is 5.26. The van der Waals surface area contributed by atoms with Crippen molar-refractivity contribution < 1.29 is 4.79 Å². The molecule has 1 fully saturated rings. The molecule has 0 aliphatic heterocycles. The summed E-state index contributed by atoms with van der Waals surface area (Å²) in [6.07, 6.45) is 3.92. The normalized spacial score (nSPS) is 14.9. The van der Waals surface area contributed by atoms with Crippen LogP contribution in [0.1, 0.15) is 52.2 Å². The third-order valence-electron chi connectivity index (χ3n) is 4.18. The van der Waals surface area contributed by atoms with Crippen molar-refractivity contribution in [2.24, 2.45) is 0 Å². The fourth-order valence-corrected chi connectivity index (χ4v) is 3.16. The van der Waals surface area contributed by atoms with Crippen LogP contribution in [0.5, 0.6) is 0 Å². The Kier molecular flexibility index (Phi) is 3.75. The third kappa shape index (κ3) is 2.57. The van der Waals surface area contributed by atoms with Gasteiger partial charge in [-0.3, -0.25) is 4.79 Å². The molecular formula is C18H17BrO. The van der Waals surface area contributed by atoms with Crippen LogP contribution in [0.25, 0.3) is 0 Å². The number of carbonyl (C=O) groups excluding carboxylic acids is 1. The number of rotatable bonds is 3. The molecule has 0 saturated heterocycles. The van der Waals surface area contributed by atoms with Gasteiger partial charge < -0.3 is 0 Å². The van der Waals surface area contributed by atoms with Crippen LogP contribution in [0.4, 0.5) is 0 Å². The van der Waals surface area contributed by atoms with Crippen LogP contribution in [0.2, 0.25) is 0 Å². The first-order chi connectivity index (χ1) is 9.65. The molecule has 1 aliphatic carbocycles. The topological polar surface area (TPSA) is 17.1 Å². The monoisotopic (exact) mass is 328 g/mol. The van der Waals surface area contributed by atoms with E-state index in [1.807, 2.05) is 37.3 Å². The van der Waals surface area contributed by atoms with Crippen molar-refractivity contribution in [3.05, 3.63) is 69.2 Å². The van der Waals surface area contributed by atoms with Crippen molar-refractivity contribution in [1.82, 2.24) is 0 Å². The molecule has 0 radical (unpaired) electrons. The Labute approximate surface area is 128 Å². The zero-order chi connectivity index (χ0) is 14.1. The van der Waals surface area contributed by atoms with Gasteiger partial charge >= 0.3 is 0 Å². The molecule has 0 spiro atoms. The van der Waals surface area contributed by atoms with Crippen molar-refractivity contribution >= 4 is 21.7 Å². The van der Waals surface area contributed by atoms with E-state index in [0.29, 0.717) is 5.92 Å². The summed E-state index contributed by atoms with van der Waals surface area (Å²) in [5.41, 5.74) is 3.94. The second kappa shape index (κ2) is 5.53. The highest BCUT2D eigenvalue weighted by Gasteiger charge is 2.19. The van der Waals surface area contributed by atoms with Gasteiger partial charge in [0.05, 0.1) is 0 Å². The molecule has 2 heteroatoms. The number of hydrogen-bond acceptors (Lipinski definition) is 1. The van der Waals surface area contributed by atoms with Gasteiger partial charge in [0.1, 0.15) is 0 Å². The Morgan fingerprint density at radius 2 is 1.80 bits per heavy atom. The van der Waals surface area contributed by atoms with Crippen LogP contribution in [-0.2, 0) is 0 Å². The lowest BCUT2D eigenvalue weighted by Crippen LogP contribution is -2.09. The summed E-state index contributed by atoms with van der Waals surface area (Å²) >= 11 is 3.43. The van der Waals surface area contributed by atoms with Gasteiger partial charge in [-0.15, -0.1) is 0 Å². The molecule has 0 heterocycles. The predicted molar refractivity (Wildman–Crippen MR) is 85.3 cm³/mol. The van der Waals surface area contributed by atoms with Gasteiger partial charge in [-0.05, 0) is 55.0 Å². The SMILES string of the molecule is Cc1cc(Br)ccc1C(=O)c1ccc(C2CCC2)cc1. The molecule has 0 atom stereocenters. The molecule has 2 aromatic carbocycles. The molecule has 1 saturated carbocycles. The van der Waals surface area contributed by atoms with Crippen LogP contribution >= 0.6 is 15.9 Å². The highest BCUT2D eigenvalue weighted by atomic mass is 79.9. The number of aryl methyl sites for hydroxylation is 1.